The van der Waals surface area contributed by atoms with Gasteiger partial charge in [-0.2, -0.15) is 0 Å². The molecule has 1 aliphatic rings. The van der Waals surface area contributed by atoms with E-state index in [1.54, 1.807) is 30.3 Å². The number of hydrogen-bond acceptors (Lipinski definition) is 6. The van der Waals surface area contributed by atoms with Gasteiger partial charge < -0.3 is 9.84 Å². The molecule has 5 rings (SSSR count). The summed E-state index contributed by atoms with van der Waals surface area (Å²) >= 11 is 1.24. The Kier molecular flexibility index (Phi) is 6.28. The fourth-order valence-electron chi connectivity index (χ4n) is 4.23. The minimum Gasteiger partial charge on any atom is -0.507 e. The fraction of sp³-hybridized carbons (Fsp3) is 0.179. The van der Waals surface area contributed by atoms with E-state index in [0.717, 1.165) is 16.7 Å². The van der Waals surface area contributed by atoms with Crippen molar-refractivity contribution < 1.29 is 23.8 Å². The van der Waals surface area contributed by atoms with Gasteiger partial charge in [-0.15, -0.1) is 0 Å². The first-order valence-corrected chi connectivity index (χ1v) is 12.4. The molecule has 1 atom stereocenters. The summed E-state index contributed by atoms with van der Waals surface area (Å²) in [4.78, 5) is 32.4. The Labute approximate surface area is 211 Å². The number of Topliss-reactive ketones (excluding diaryl/α,β-unsaturated/α-hetero) is 1. The molecule has 1 amide bonds. The van der Waals surface area contributed by atoms with E-state index in [1.807, 2.05) is 32.0 Å². The smallest absolute Gasteiger partial charge is 0.301 e. The van der Waals surface area contributed by atoms with Crippen molar-refractivity contribution in [1.82, 2.24) is 4.98 Å². The highest BCUT2D eigenvalue weighted by Gasteiger charge is 2.49. The van der Waals surface area contributed by atoms with Gasteiger partial charge in [-0.25, -0.2) is 9.37 Å². The van der Waals surface area contributed by atoms with E-state index in [9.17, 15) is 14.7 Å². The Morgan fingerprint density at radius 1 is 1.11 bits per heavy atom. The van der Waals surface area contributed by atoms with Gasteiger partial charge in [0.25, 0.3) is 5.78 Å². The summed E-state index contributed by atoms with van der Waals surface area (Å²) in [6.07, 6.45) is 0.846. The Bertz CT molecular complexity index is 1510. The Morgan fingerprint density at radius 3 is 2.58 bits per heavy atom. The average molecular weight is 503 g/mol. The maximum atomic E-state index is 15.1. The molecular formula is C28H23FN2O4S. The van der Waals surface area contributed by atoms with Gasteiger partial charge in [0, 0.05) is 11.1 Å². The van der Waals surface area contributed by atoms with Crippen molar-refractivity contribution in [3.63, 3.8) is 0 Å². The monoisotopic (exact) mass is 502 g/mol. The second-order valence-electron chi connectivity index (χ2n) is 8.53. The number of carbonyl (C=O) groups excluding carboxylic acids is 2. The first-order valence-electron chi connectivity index (χ1n) is 11.5. The maximum absolute atomic E-state index is 15.1. The SMILES string of the molecule is CCCOc1ccc(/C(O)=C2\C(=O)C(=O)N(c3nc4ccc(C)cc4s3)C2c2ccccc2F)cc1. The van der Waals surface area contributed by atoms with Crippen LogP contribution in [0.1, 0.15) is 36.1 Å². The van der Waals surface area contributed by atoms with Crippen LogP contribution in [0.25, 0.3) is 16.0 Å². The third-order valence-electron chi connectivity index (χ3n) is 5.98. The maximum Gasteiger partial charge on any atom is 0.301 e. The largest absolute Gasteiger partial charge is 0.507 e. The third kappa shape index (κ3) is 4.13. The summed E-state index contributed by atoms with van der Waals surface area (Å²) in [7, 11) is 0. The molecule has 0 bridgehead atoms. The zero-order valence-electron chi connectivity index (χ0n) is 19.7. The lowest BCUT2D eigenvalue weighted by atomic mass is 9.95. The summed E-state index contributed by atoms with van der Waals surface area (Å²) < 4.78 is 21.5. The molecule has 3 aromatic carbocycles. The van der Waals surface area contributed by atoms with Crippen molar-refractivity contribution in [1.29, 1.82) is 0 Å². The number of aryl methyl sites for hydroxylation is 1. The molecule has 1 N–H and O–H groups in total. The molecule has 0 saturated carbocycles. The number of ketones is 1. The lowest BCUT2D eigenvalue weighted by Gasteiger charge is -2.23. The van der Waals surface area contributed by atoms with Crippen molar-refractivity contribution in [2.75, 3.05) is 11.5 Å². The Morgan fingerprint density at radius 2 is 1.86 bits per heavy atom. The van der Waals surface area contributed by atoms with Crippen LogP contribution in [0.15, 0.2) is 72.3 Å². The van der Waals surface area contributed by atoms with E-state index in [2.05, 4.69) is 4.98 Å². The van der Waals surface area contributed by atoms with Crippen molar-refractivity contribution in [2.45, 2.75) is 26.3 Å². The van der Waals surface area contributed by atoms with Crippen molar-refractivity contribution in [3.05, 3.63) is 94.8 Å². The van der Waals surface area contributed by atoms with Crippen LogP contribution < -0.4 is 9.64 Å². The zero-order valence-corrected chi connectivity index (χ0v) is 20.5. The number of fused-ring (bicyclic) bond motifs is 1. The number of hydrogen-bond donors (Lipinski definition) is 1. The van der Waals surface area contributed by atoms with E-state index < -0.39 is 23.5 Å². The molecule has 8 heteroatoms. The van der Waals surface area contributed by atoms with Crippen LogP contribution in [0.3, 0.4) is 0 Å². The van der Waals surface area contributed by atoms with Crippen molar-refractivity contribution >= 4 is 44.1 Å². The van der Waals surface area contributed by atoms with Gasteiger partial charge in [0.2, 0.25) is 0 Å². The number of rotatable bonds is 6. The van der Waals surface area contributed by atoms with Crippen LogP contribution in [-0.4, -0.2) is 28.4 Å². The molecule has 4 aromatic rings. The minimum absolute atomic E-state index is 0.0941. The molecular weight excluding hydrogens is 479 g/mol. The van der Waals surface area contributed by atoms with Crippen LogP contribution >= 0.6 is 11.3 Å². The van der Waals surface area contributed by atoms with Crippen LogP contribution in [0.4, 0.5) is 9.52 Å². The number of thiazole rings is 1. The number of ether oxygens (including phenoxy) is 1. The standard InChI is InChI=1S/C28H23FN2O4S/c1-3-14-35-18-11-9-17(10-12-18)25(32)23-24(19-6-4-5-7-20(19)29)31(27(34)26(23)33)28-30-21-13-8-16(2)15-22(21)36-28/h4-13,15,24,32H,3,14H2,1-2H3/b25-23+. The summed E-state index contributed by atoms with van der Waals surface area (Å²) in [5.74, 6) is -2.14. The molecule has 1 saturated heterocycles. The highest BCUT2D eigenvalue weighted by Crippen LogP contribution is 2.45. The Balaban J connectivity index is 1.66. The highest BCUT2D eigenvalue weighted by atomic mass is 32.1. The van der Waals surface area contributed by atoms with E-state index >= 15 is 4.39 Å². The lowest BCUT2D eigenvalue weighted by Crippen LogP contribution is -2.29. The molecule has 1 aliphatic heterocycles. The predicted molar refractivity (Wildman–Crippen MR) is 138 cm³/mol. The average Bonchev–Trinajstić information content (AvgIpc) is 3.40. The highest BCUT2D eigenvalue weighted by molar-refractivity contribution is 7.22. The first-order chi connectivity index (χ1) is 17.4. The summed E-state index contributed by atoms with van der Waals surface area (Å²) in [6, 6.07) is 17.0. The van der Waals surface area contributed by atoms with Gasteiger partial charge in [0.05, 0.1) is 22.4 Å². The van der Waals surface area contributed by atoms with Gasteiger partial charge in [-0.3, -0.25) is 14.5 Å². The number of aromatic nitrogens is 1. The molecule has 6 nitrogen and oxygen atoms in total. The molecule has 1 unspecified atom stereocenters. The van der Waals surface area contributed by atoms with Gasteiger partial charge in [-0.05, 0) is 61.4 Å². The summed E-state index contributed by atoms with van der Waals surface area (Å²) in [5.41, 5.74) is 1.91. The topological polar surface area (TPSA) is 79.7 Å². The quantitative estimate of drug-likeness (QED) is 0.194. The summed E-state index contributed by atoms with van der Waals surface area (Å²) in [6.45, 7) is 4.49. The van der Waals surface area contributed by atoms with Gasteiger partial charge in [0.15, 0.2) is 5.13 Å². The van der Waals surface area contributed by atoms with E-state index in [-0.39, 0.29) is 22.0 Å². The van der Waals surface area contributed by atoms with Crippen LogP contribution in [-0.2, 0) is 9.59 Å². The molecule has 2 heterocycles. The van der Waals surface area contributed by atoms with Crippen LogP contribution in [0, 0.1) is 12.7 Å². The molecule has 36 heavy (non-hydrogen) atoms. The molecule has 0 radical (unpaired) electrons. The fourth-order valence-corrected chi connectivity index (χ4v) is 5.32. The first kappa shape index (κ1) is 23.7. The molecule has 182 valence electrons. The van der Waals surface area contributed by atoms with E-state index in [0.29, 0.717) is 23.4 Å². The number of carbonyl (C=O) groups is 2. The second kappa shape index (κ2) is 9.54. The van der Waals surface area contributed by atoms with Gasteiger partial charge in [-0.1, -0.05) is 42.5 Å². The van der Waals surface area contributed by atoms with Crippen LogP contribution in [0.2, 0.25) is 0 Å². The molecule has 0 spiro atoms. The predicted octanol–water partition coefficient (Wildman–Crippen LogP) is 6.16. The van der Waals surface area contributed by atoms with Crippen molar-refractivity contribution in [2.24, 2.45) is 0 Å². The lowest BCUT2D eigenvalue weighted by molar-refractivity contribution is -0.132. The van der Waals surface area contributed by atoms with Crippen molar-refractivity contribution in [3.8, 4) is 5.75 Å². The number of amides is 1. The normalized spacial score (nSPS) is 17.2. The second-order valence-corrected chi connectivity index (χ2v) is 9.54. The van der Waals surface area contributed by atoms with Gasteiger partial charge in [0.1, 0.15) is 23.4 Å². The number of benzene rings is 3. The minimum atomic E-state index is -1.18. The number of halogens is 1. The molecule has 1 fully saturated rings. The summed E-state index contributed by atoms with van der Waals surface area (Å²) in [5, 5.41) is 11.5. The van der Waals surface area contributed by atoms with Gasteiger partial charge >= 0.3 is 5.91 Å². The van der Waals surface area contributed by atoms with E-state index in [4.69, 9.17) is 4.74 Å². The number of aliphatic hydroxyl groups excluding tert-OH is 1. The molecule has 1 aromatic heterocycles. The third-order valence-corrected chi connectivity index (χ3v) is 7.00. The van der Waals surface area contributed by atoms with Crippen LogP contribution in [0.5, 0.6) is 5.75 Å². The number of nitrogens with zero attached hydrogens (tertiary/aromatic N) is 2. The Hall–Kier alpha value is -4.04. The number of aliphatic hydroxyl groups is 1. The zero-order chi connectivity index (χ0) is 25.4. The van der Waals surface area contributed by atoms with E-state index in [1.165, 1.54) is 34.4 Å². The number of anilines is 1. The molecule has 0 aliphatic carbocycles.